The van der Waals surface area contributed by atoms with Crippen LogP contribution in [0.15, 0.2) is 0 Å². The van der Waals surface area contributed by atoms with Gasteiger partial charge in [0.05, 0.1) is 26.4 Å². The molecule has 0 radical (unpaired) electrons. The van der Waals surface area contributed by atoms with Gasteiger partial charge < -0.3 is 33.8 Å². The predicted octanol–water partition coefficient (Wildman–Crippen LogP) is 22.0. The fourth-order valence-corrected chi connectivity index (χ4v) is 13.1. The van der Waals surface area contributed by atoms with Gasteiger partial charge in [0.2, 0.25) is 0 Å². The van der Waals surface area contributed by atoms with Crippen LogP contribution < -0.4 is 0 Å². The molecule has 0 rings (SSSR count). The first-order chi connectivity index (χ1) is 45.6. The number of phosphoric acid groups is 2. The van der Waals surface area contributed by atoms with Gasteiger partial charge in [-0.05, 0) is 49.4 Å². The summed E-state index contributed by atoms with van der Waals surface area (Å²) in [6, 6.07) is 0. The Kier molecular flexibility index (Phi) is 64.0. The highest BCUT2D eigenvalue weighted by molar-refractivity contribution is 7.47. The van der Waals surface area contributed by atoms with Crippen molar-refractivity contribution in [2.75, 3.05) is 39.6 Å². The first kappa shape index (κ1) is 93.1. The molecule has 0 saturated carbocycles. The van der Waals surface area contributed by atoms with Gasteiger partial charge in [0.25, 0.3) is 0 Å². The predicted molar refractivity (Wildman–Crippen MR) is 386 cm³/mol. The van der Waals surface area contributed by atoms with E-state index in [0.29, 0.717) is 31.6 Å². The lowest BCUT2D eigenvalue weighted by molar-refractivity contribution is -0.161. The van der Waals surface area contributed by atoms with Crippen LogP contribution in [-0.4, -0.2) is 96.7 Å². The molecule has 0 aromatic heterocycles. The Morgan fingerprint density at radius 2 is 0.505 bits per heavy atom. The first-order valence-corrected chi connectivity index (χ1v) is 42.2. The number of hydrogen-bond donors (Lipinski definition) is 3. The van der Waals surface area contributed by atoms with Gasteiger partial charge in [-0.1, -0.05) is 331 Å². The summed E-state index contributed by atoms with van der Waals surface area (Å²) < 4.78 is 68.4. The molecule has 17 nitrogen and oxygen atoms in total. The molecule has 6 atom stereocenters. The molecular weight excluding hydrogens is 1250 g/mol. The molecule has 19 heteroatoms. The number of phosphoric ester groups is 2. The summed E-state index contributed by atoms with van der Waals surface area (Å²) in [6.45, 7) is 14.1. The number of carbonyl (C=O) groups is 4. The highest BCUT2D eigenvalue weighted by Gasteiger charge is 2.30. The molecule has 0 aliphatic rings. The number of aliphatic hydroxyl groups is 1. The lowest BCUT2D eigenvalue weighted by Gasteiger charge is -2.21. The van der Waals surface area contributed by atoms with E-state index in [1.807, 2.05) is 0 Å². The van der Waals surface area contributed by atoms with E-state index < -0.39 is 97.5 Å². The Balaban J connectivity index is 5.17. The molecule has 0 spiro atoms. The molecule has 0 aromatic rings. The summed E-state index contributed by atoms with van der Waals surface area (Å²) in [5.74, 6) is 0.895. The summed E-state index contributed by atoms with van der Waals surface area (Å²) in [6.07, 6.45) is 50.3. The number of hydrogen-bond acceptors (Lipinski definition) is 15. The van der Waals surface area contributed by atoms with Crippen LogP contribution in [0.5, 0.6) is 0 Å². The quantitative estimate of drug-likeness (QED) is 0.0222. The van der Waals surface area contributed by atoms with E-state index in [1.165, 1.54) is 186 Å². The van der Waals surface area contributed by atoms with Crippen molar-refractivity contribution < 1.29 is 80.2 Å². The minimum atomic E-state index is -4.96. The maximum Gasteiger partial charge on any atom is 0.472 e. The standard InChI is InChI=1S/C76H148O17P2/c1-9-69(8)55-47-39-30-23-20-21-25-33-42-50-58-75(80)92-71(62-86-73(78)56-48-40-31-24-19-17-15-13-11-10-12-14-16-18-22-28-36-44-52-66(2)3)64-90-94(82,83)88-60-70(77)61-89-95(84,85)91-65-72(93-76(81)59-51-43-35-34-38-46-54-68(6)7)63-87-74(79)57-49-41-32-27-26-29-37-45-53-67(4)5/h66-72,77H,9-65H2,1-8H3,(H,82,83)(H,84,85)/t69?,70?,71-,72-/m1/s1. The van der Waals surface area contributed by atoms with E-state index in [9.17, 15) is 43.2 Å². The number of aliphatic hydroxyl groups excluding tert-OH is 1. The Morgan fingerprint density at radius 3 is 0.747 bits per heavy atom. The van der Waals surface area contributed by atoms with E-state index >= 15 is 0 Å². The van der Waals surface area contributed by atoms with Gasteiger partial charge in [-0.15, -0.1) is 0 Å². The second-order valence-electron chi connectivity index (χ2n) is 29.1. The van der Waals surface area contributed by atoms with Crippen molar-refractivity contribution in [3.63, 3.8) is 0 Å². The number of unbranched alkanes of at least 4 members (excludes halogenated alkanes) is 38. The number of ether oxygens (including phenoxy) is 4. The minimum Gasteiger partial charge on any atom is -0.462 e. The average Bonchev–Trinajstić information content (AvgIpc) is 3.37. The lowest BCUT2D eigenvalue weighted by atomic mass is 9.99. The highest BCUT2D eigenvalue weighted by atomic mass is 31.2. The average molecular weight is 1400 g/mol. The minimum absolute atomic E-state index is 0.101. The summed E-state index contributed by atoms with van der Waals surface area (Å²) in [7, 11) is -9.91. The Hall–Kier alpha value is -1.94. The first-order valence-electron chi connectivity index (χ1n) is 39.2. The summed E-state index contributed by atoms with van der Waals surface area (Å²) in [5, 5.41) is 10.6. The molecule has 0 fully saturated rings. The zero-order valence-corrected chi connectivity index (χ0v) is 64.1. The fourth-order valence-electron chi connectivity index (χ4n) is 11.5. The fraction of sp³-hybridized carbons (Fsp3) is 0.947. The van der Waals surface area contributed by atoms with Crippen LogP contribution in [-0.2, 0) is 65.4 Å². The summed E-state index contributed by atoms with van der Waals surface area (Å²) >= 11 is 0. The monoisotopic (exact) mass is 1400 g/mol. The molecule has 0 saturated heterocycles. The molecule has 0 aromatic carbocycles. The number of esters is 4. The molecule has 3 N–H and O–H groups in total. The van der Waals surface area contributed by atoms with Crippen LogP contribution in [0.2, 0.25) is 0 Å². The van der Waals surface area contributed by atoms with Crippen LogP contribution in [0.25, 0.3) is 0 Å². The van der Waals surface area contributed by atoms with Crippen molar-refractivity contribution in [2.45, 2.75) is 401 Å². The smallest absolute Gasteiger partial charge is 0.462 e. The Bertz CT molecular complexity index is 1870. The van der Waals surface area contributed by atoms with Gasteiger partial charge in [-0.3, -0.25) is 37.3 Å². The molecule has 0 aliphatic carbocycles. The number of carbonyl (C=O) groups excluding carboxylic acids is 4. The van der Waals surface area contributed by atoms with Gasteiger partial charge in [0.1, 0.15) is 19.3 Å². The second-order valence-corrected chi connectivity index (χ2v) is 32.0. The molecular formula is C76H148O17P2. The van der Waals surface area contributed by atoms with Gasteiger partial charge in [0.15, 0.2) is 12.2 Å². The summed E-state index contributed by atoms with van der Waals surface area (Å²) in [5.41, 5.74) is 0. The van der Waals surface area contributed by atoms with Crippen LogP contribution in [0.1, 0.15) is 383 Å². The lowest BCUT2D eigenvalue weighted by Crippen LogP contribution is -2.30. The van der Waals surface area contributed by atoms with E-state index in [1.54, 1.807) is 0 Å². The maximum atomic E-state index is 13.1. The van der Waals surface area contributed by atoms with Crippen molar-refractivity contribution in [3.8, 4) is 0 Å². The van der Waals surface area contributed by atoms with Crippen molar-refractivity contribution in [1.29, 1.82) is 0 Å². The van der Waals surface area contributed by atoms with Crippen LogP contribution in [0.4, 0.5) is 0 Å². The molecule has 0 heterocycles. The third-order valence-electron chi connectivity index (χ3n) is 17.9. The van der Waals surface area contributed by atoms with Crippen molar-refractivity contribution in [3.05, 3.63) is 0 Å². The molecule has 0 bridgehead atoms. The molecule has 4 unspecified atom stereocenters. The van der Waals surface area contributed by atoms with Gasteiger partial charge in [0, 0.05) is 25.7 Å². The topological polar surface area (TPSA) is 237 Å². The largest absolute Gasteiger partial charge is 0.472 e. The van der Waals surface area contributed by atoms with E-state index in [0.717, 1.165) is 108 Å². The third kappa shape index (κ3) is 69.0. The zero-order chi connectivity index (χ0) is 70.3. The van der Waals surface area contributed by atoms with Gasteiger partial charge in [-0.25, -0.2) is 9.13 Å². The number of rotatable bonds is 73. The van der Waals surface area contributed by atoms with Crippen molar-refractivity contribution >= 4 is 39.5 Å². The Morgan fingerprint density at radius 1 is 0.295 bits per heavy atom. The Labute approximate surface area is 581 Å². The van der Waals surface area contributed by atoms with E-state index in [2.05, 4.69) is 55.4 Å². The van der Waals surface area contributed by atoms with Crippen LogP contribution in [0, 0.1) is 23.7 Å². The van der Waals surface area contributed by atoms with Gasteiger partial charge >= 0.3 is 39.5 Å². The molecule has 0 amide bonds. The van der Waals surface area contributed by atoms with E-state index in [4.69, 9.17) is 37.0 Å². The zero-order valence-electron chi connectivity index (χ0n) is 62.3. The maximum absolute atomic E-state index is 13.1. The normalized spacial score (nSPS) is 14.4. The SMILES string of the molecule is CCC(C)CCCCCCCCCCCCC(=O)O[C@H](COC(=O)CCCCCCCCCCCCCCCCCCCCC(C)C)COP(=O)(O)OCC(O)COP(=O)(O)OC[C@@H](COC(=O)CCCCCCCCCCC(C)C)OC(=O)CCCCCCCCC(C)C. The van der Waals surface area contributed by atoms with Crippen LogP contribution in [0.3, 0.4) is 0 Å². The van der Waals surface area contributed by atoms with Crippen molar-refractivity contribution in [1.82, 2.24) is 0 Å². The summed E-state index contributed by atoms with van der Waals surface area (Å²) in [4.78, 5) is 72.7. The molecule has 564 valence electrons. The molecule has 95 heavy (non-hydrogen) atoms. The third-order valence-corrected chi connectivity index (χ3v) is 19.8. The molecule has 0 aliphatic heterocycles. The highest BCUT2D eigenvalue weighted by Crippen LogP contribution is 2.45. The second kappa shape index (κ2) is 65.4. The van der Waals surface area contributed by atoms with Crippen molar-refractivity contribution in [2.24, 2.45) is 23.7 Å². The van der Waals surface area contributed by atoms with E-state index in [-0.39, 0.29) is 25.7 Å². The van der Waals surface area contributed by atoms with Gasteiger partial charge in [-0.2, -0.15) is 0 Å². The van der Waals surface area contributed by atoms with Crippen LogP contribution >= 0.6 is 15.6 Å².